The Hall–Kier alpha value is -2.82. The first-order chi connectivity index (χ1) is 9.74. The first kappa shape index (κ1) is 12.2. The molecule has 0 aliphatic heterocycles. The van der Waals surface area contributed by atoms with Crippen LogP contribution >= 0.6 is 0 Å². The van der Waals surface area contributed by atoms with E-state index in [2.05, 4.69) is 9.97 Å². The summed E-state index contributed by atoms with van der Waals surface area (Å²) >= 11 is 0. The van der Waals surface area contributed by atoms with Gasteiger partial charge < -0.3 is 0 Å². The van der Waals surface area contributed by atoms with E-state index in [1.165, 1.54) is 29.1 Å². The second kappa shape index (κ2) is 5.05. The van der Waals surface area contributed by atoms with Crippen molar-refractivity contribution in [2.45, 2.75) is 0 Å². The van der Waals surface area contributed by atoms with E-state index in [9.17, 15) is 9.18 Å². The zero-order valence-corrected chi connectivity index (χ0v) is 10.4. The lowest BCUT2D eigenvalue weighted by atomic mass is 10.1. The van der Waals surface area contributed by atoms with Crippen LogP contribution in [0.4, 0.5) is 4.39 Å². The number of hydrogen-bond donors (Lipinski definition) is 0. The standard InChI is InChI=1S/C15H10FN3O/c16-13-4-1-11(2-5-13)12-3-6-15(20)19(9-12)14-7-17-10-18-8-14/h1-10H. The second-order valence-electron chi connectivity index (χ2n) is 4.23. The third-order valence-electron chi connectivity index (χ3n) is 2.91. The quantitative estimate of drug-likeness (QED) is 0.716. The van der Waals surface area contributed by atoms with Crippen LogP contribution in [0.25, 0.3) is 16.8 Å². The molecule has 0 aliphatic carbocycles. The summed E-state index contributed by atoms with van der Waals surface area (Å²) in [6.45, 7) is 0. The summed E-state index contributed by atoms with van der Waals surface area (Å²) in [5.74, 6) is -0.293. The lowest BCUT2D eigenvalue weighted by Gasteiger charge is -2.07. The normalized spacial score (nSPS) is 10.4. The van der Waals surface area contributed by atoms with Crippen molar-refractivity contribution < 1.29 is 4.39 Å². The van der Waals surface area contributed by atoms with Crippen molar-refractivity contribution in [2.75, 3.05) is 0 Å². The average molecular weight is 267 g/mol. The van der Waals surface area contributed by atoms with Gasteiger partial charge >= 0.3 is 0 Å². The van der Waals surface area contributed by atoms with E-state index in [0.29, 0.717) is 5.69 Å². The summed E-state index contributed by atoms with van der Waals surface area (Å²) in [7, 11) is 0. The minimum Gasteiger partial charge on any atom is -0.281 e. The van der Waals surface area contributed by atoms with Gasteiger partial charge in [0.2, 0.25) is 0 Å². The summed E-state index contributed by atoms with van der Waals surface area (Å²) in [6.07, 6.45) is 6.21. The van der Waals surface area contributed by atoms with E-state index in [4.69, 9.17) is 0 Å². The van der Waals surface area contributed by atoms with E-state index in [1.807, 2.05) is 0 Å². The Morgan fingerprint density at radius 1 is 0.900 bits per heavy atom. The van der Waals surface area contributed by atoms with Crippen molar-refractivity contribution in [3.8, 4) is 16.8 Å². The molecule has 0 aliphatic rings. The summed E-state index contributed by atoms with van der Waals surface area (Å²) in [6, 6.07) is 9.27. The Bertz CT molecular complexity index is 782. The van der Waals surface area contributed by atoms with Crippen LogP contribution in [0, 0.1) is 5.82 Å². The summed E-state index contributed by atoms with van der Waals surface area (Å²) in [5, 5.41) is 0. The second-order valence-corrected chi connectivity index (χ2v) is 4.23. The molecule has 0 bridgehead atoms. The highest BCUT2D eigenvalue weighted by Crippen LogP contribution is 2.19. The molecule has 0 N–H and O–H groups in total. The monoisotopic (exact) mass is 267 g/mol. The van der Waals surface area contributed by atoms with Gasteiger partial charge in [0.05, 0.1) is 18.1 Å². The fourth-order valence-electron chi connectivity index (χ4n) is 1.92. The van der Waals surface area contributed by atoms with Gasteiger partial charge in [-0.3, -0.25) is 9.36 Å². The van der Waals surface area contributed by atoms with E-state index in [0.717, 1.165) is 11.1 Å². The van der Waals surface area contributed by atoms with Crippen molar-refractivity contribution >= 4 is 0 Å². The number of aromatic nitrogens is 3. The van der Waals surface area contributed by atoms with Crippen LogP contribution in [0.15, 0.2) is 66.1 Å². The highest BCUT2D eigenvalue weighted by Gasteiger charge is 2.04. The average Bonchev–Trinajstić information content (AvgIpc) is 2.50. The maximum atomic E-state index is 12.9. The van der Waals surface area contributed by atoms with Crippen LogP contribution in [0.2, 0.25) is 0 Å². The van der Waals surface area contributed by atoms with Gasteiger partial charge in [0, 0.05) is 12.3 Å². The van der Waals surface area contributed by atoms with Gasteiger partial charge in [-0.15, -0.1) is 0 Å². The SMILES string of the molecule is O=c1ccc(-c2ccc(F)cc2)cn1-c1cncnc1. The lowest BCUT2D eigenvalue weighted by molar-refractivity contribution is 0.628. The van der Waals surface area contributed by atoms with Gasteiger partial charge in [0.15, 0.2) is 0 Å². The molecular weight excluding hydrogens is 257 g/mol. The molecule has 20 heavy (non-hydrogen) atoms. The molecule has 0 saturated carbocycles. The zero-order valence-electron chi connectivity index (χ0n) is 10.4. The van der Waals surface area contributed by atoms with Crippen LogP contribution in [0.1, 0.15) is 0 Å². The molecule has 0 amide bonds. The van der Waals surface area contributed by atoms with Crippen molar-refractivity contribution in [1.29, 1.82) is 0 Å². The van der Waals surface area contributed by atoms with Crippen LogP contribution < -0.4 is 5.56 Å². The third kappa shape index (κ3) is 2.33. The van der Waals surface area contributed by atoms with Crippen LogP contribution in [-0.2, 0) is 0 Å². The molecule has 4 nitrogen and oxygen atoms in total. The first-order valence-electron chi connectivity index (χ1n) is 5.98. The molecule has 2 heterocycles. The largest absolute Gasteiger partial charge is 0.281 e. The van der Waals surface area contributed by atoms with Gasteiger partial charge in [-0.25, -0.2) is 14.4 Å². The molecular formula is C15H10FN3O. The van der Waals surface area contributed by atoms with Crippen molar-refractivity contribution in [3.05, 3.63) is 77.5 Å². The molecule has 0 saturated heterocycles. The number of hydrogen-bond acceptors (Lipinski definition) is 3. The minimum absolute atomic E-state index is 0.175. The molecule has 0 spiro atoms. The summed E-state index contributed by atoms with van der Waals surface area (Å²) in [4.78, 5) is 19.7. The highest BCUT2D eigenvalue weighted by atomic mass is 19.1. The van der Waals surface area contributed by atoms with Crippen molar-refractivity contribution in [3.63, 3.8) is 0 Å². The highest BCUT2D eigenvalue weighted by molar-refractivity contribution is 5.62. The molecule has 3 aromatic rings. The van der Waals surface area contributed by atoms with Crippen LogP contribution in [-0.4, -0.2) is 14.5 Å². The Labute approximate surface area is 114 Å². The smallest absolute Gasteiger partial charge is 0.255 e. The topological polar surface area (TPSA) is 47.8 Å². The number of rotatable bonds is 2. The fraction of sp³-hybridized carbons (Fsp3) is 0. The summed E-state index contributed by atoms with van der Waals surface area (Å²) in [5.41, 5.74) is 2.05. The van der Waals surface area contributed by atoms with Crippen molar-refractivity contribution in [2.24, 2.45) is 0 Å². The van der Waals surface area contributed by atoms with E-state index in [-0.39, 0.29) is 11.4 Å². The Morgan fingerprint density at radius 2 is 1.55 bits per heavy atom. The number of benzene rings is 1. The predicted octanol–water partition coefficient (Wildman–Crippen LogP) is 2.43. The van der Waals surface area contributed by atoms with Gasteiger partial charge in [0.1, 0.15) is 12.1 Å². The predicted molar refractivity (Wildman–Crippen MR) is 73.0 cm³/mol. The van der Waals surface area contributed by atoms with Crippen molar-refractivity contribution in [1.82, 2.24) is 14.5 Å². The first-order valence-corrected chi connectivity index (χ1v) is 5.98. The fourth-order valence-corrected chi connectivity index (χ4v) is 1.92. The van der Waals surface area contributed by atoms with E-state index < -0.39 is 0 Å². The maximum absolute atomic E-state index is 12.9. The number of halogens is 1. The van der Waals surface area contributed by atoms with Crippen LogP contribution in [0.5, 0.6) is 0 Å². The molecule has 1 aromatic carbocycles. The molecule has 0 fully saturated rings. The Balaban J connectivity index is 2.12. The van der Waals surface area contributed by atoms with Gasteiger partial charge in [-0.2, -0.15) is 0 Å². The Kier molecular flexibility index (Phi) is 3.09. The molecule has 0 atom stereocenters. The van der Waals surface area contributed by atoms with Gasteiger partial charge in [-0.05, 0) is 29.3 Å². The van der Waals surface area contributed by atoms with Gasteiger partial charge in [0.25, 0.3) is 5.56 Å². The number of pyridine rings is 1. The zero-order chi connectivity index (χ0) is 13.9. The third-order valence-corrected chi connectivity index (χ3v) is 2.91. The molecule has 0 radical (unpaired) electrons. The molecule has 2 aromatic heterocycles. The van der Waals surface area contributed by atoms with E-state index in [1.54, 1.807) is 36.8 Å². The summed E-state index contributed by atoms with van der Waals surface area (Å²) < 4.78 is 14.4. The number of nitrogens with zero attached hydrogens (tertiary/aromatic N) is 3. The maximum Gasteiger partial charge on any atom is 0.255 e. The molecule has 0 unspecified atom stereocenters. The Morgan fingerprint density at radius 3 is 2.25 bits per heavy atom. The molecule has 98 valence electrons. The van der Waals surface area contributed by atoms with Crippen LogP contribution in [0.3, 0.4) is 0 Å². The van der Waals surface area contributed by atoms with Gasteiger partial charge in [-0.1, -0.05) is 12.1 Å². The van der Waals surface area contributed by atoms with E-state index >= 15 is 0 Å². The lowest BCUT2D eigenvalue weighted by Crippen LogP contribution is -2.16. The molecule has 5 heteroatoms. The minimum atomic E-state index is -0.293. The molecule has 3 rings (SSSR count).